The molecule has 0 spiro atoms. The zero-order valence-corrected chi connectivity index (χ0v) is 14.3. The molecule has 0 bridgehead atoms. The van der Waals surface area contributed by atoms with Gasteiger partial charge in [-0.2, -0.15) is 0 Å². The number of nitrogens with one attached hydrogen (secondary N) is 1. The van der Waals surface area contributed by atoms with Crippen LogP contribution in [0.1, 0.15) is 46.2 Å². The molecule has 23 heavy (non-hydrogen) atoms. The summed E-state index contributed by atoms with van der Waals surface area (Å²) < 4.78 is 15.3. The van der Waals surface area contributed by atoms with E-state index in [1.807, 2.05) is 39.8 Å². The van der Waals surface area contributed by atoms with Gasteiger partial charge in [-0.05, 0) is 52.3 Å². The van der Waals surface area contributed by atoms with E-state index in [0.717, 1.165) is 5.56 Å². The molecule has 0 aliphatic rings. The quantitative estimate of drug-likeness (QED) is 0.814. The predicted molar refractivity (Wildman–Crippen MR) is 86.4 cm³/mol. The first-order valence-corrected chi connectivity index (χ1v) is 7.59. The van der Waals surface area contributed by atoms with Crippen LogP contribution in [0.25, 0.3) is 0 Å². The first kappa shape index (κ1) is 18.8. The molecular weight excluding hydrogens is 298 g/mol. The van der Waals surface area contributed by atoms with E-state index in [2.05, 4.69) is 5.32 Å². The van der Waals surface area contributed by atoms with E-state index in [1.165, 1.54) is 0 Å². The van der Waals surface area contributed by atoms with Gasteiger partial charge in [-0.3, -0.25) is 0 Å². The van der Waals surface area contributed by atoms with E-state index in [1.54, 1.807) is 19.1 Å². The van der Waals surface area contributed by atoms with Crippen molar-refractivity contribution in [2.24, 2.45) is 0 Å². The van der Waals surface area contributed by atoms with Gasteiger partial charge in [0.15, 0.2) is 6.61 Å². The normalized spacial score (nSPS) is 12.2. The monoisotopic (exact) mass is 323 g/mol. The van der Waals surface area contributed by atoms with Crippen LogP contribution in [0.2, 0.25) is 0 Å². The van der Waals surface area contributed by atoms with Crippen LogP contribution in [0.5, 0.6) is 5.75 Å². The van der Waals surface area contributed by atoms with Crippen molar-refractivity contribution in [1.82, 2.24) is 5.32 Å². The lowest BCUT2D eigenvalue weighted by Gasteiger charge is -2.22. The standard InChI is InChI=1S/C17H25NO5/c1-6-21-15(19)11-22-14-9-7-13(8-10-14)12(2)18-16(20)23-17(3,4)5/h7-10,12H,6,11H2,1-5H3,(H,18,20). The molecule has 1 amide bonds. The summed E-state index contributed by atoms with van der Waals surface area (Å²) in [6.07, 6.45) is -0.465. The Bertz CT molecular complexity index is 519. The number of rotatable bonds is 6. The summed E-state index contributed by atoms with van der Waals surface area (Å²) in [5.41, 5.74) is 0.369. The van der Waals surface area contributed by atoms with Crippen LogP contribution < -0.4 is 10.1 Å². The van der Waals surface area contributed by atoms with Gasteiger partial charge in [-0.1, -0.05) is 12.1 Å². The number of hydrogen-bond donors (Lipinski definition) is 1. The van der Waals surface area contributed by atoms with Gasteiger partial charge in [0.25, 0.3) is 0 Å². The summed E-state index contributed by atoms with van der Waals surface area (Å²) in [5.74, 6) is 0.155. The second-order valence-corrected chi connectivity index (χ2v) is 6.03. The number of carbonyl (C=O) groups excluding carboxylic acids is 2. The van der Waals surface area contributed by atoms with Gasteiger partial charge in [0, 0.05) is 0 Å². The third-order valence-electron chi connectivity index (χ3n) is 2.78. The van der Waals surface area contributed by atoms with Crippen molar-refractivity contribution in [3.8, 4) is 5.75 Å². The lowest BCUT2D eigenvalue weighted by Crippen LogP contribution is -2.34. The van der Waals surface area contributed by atoms with Gasteiger partial charge < -0.3 is 19.5 Å². The van der Waals surface area contributed by atoms with Gasteiger partial charge in [0.1, 0.15) is 11.4 Å². The number of ether oxygens (including phenoxy) is 3. The van der Waals surface area contributed by atoms with Crippen LogP contribution in [0.15, 0.2) is 24.3 Å². The van der Waals surface area contributed by atoms with Crippen LogP contribution in [0.3, 0.4) is 0 Å². The molecule has 1 aromatic rings. The summed E-state index contributed by atoms with van der Waals surface area (Å²) in [6.45, 7) is 9.24. The number of benzene rings is 1. The van der Waals surface area contributed by atoms with Crippen LogP contribution in [0, 0.1) is 0 Å². The molecule has 1 N–H and O–H groups in total. The Kier molecular flexibility index (Phi) is 6.88. The molecule has 0 heterocycles. The summed E-state index contributed by atoms with van der Waals surface area (Å²) in [5, 5.41) is 2.76. The van der Waals surface area contributed by atoms with Gasteiger partial charge in [0.2, 0.25) is 0 Å². The molecule has 0 aromatic heterocycles. The minimum atomic E-state index is -0.533. The molecular formula is C17H25NO5. The minimum Gasteiger partial charge on any atom is -0.482 e. The topological polar surface area (TPSA) is 73.9 Å². The molecule has 0 saturated carbocycles. The first-order chi connectivity index (χ1) is 10.7. The number of amides is 1. The number of esters is 1. The number of hydrogen-bond acceptors (Lipinski definition) is 5. The Morgan fingerprint density at radius 1 is 1.17 bits per heavy atom. The Morgan fingerprint density at radius 3 is 2.30 bits per heavy atom. The summed E-state index contributed by atoms with van der Waals surface area (Å²) in [6, 6.07) is 6.92. The molecule has 128 valence electrons. The van der Waals surface area contributed by atoms with Crippen molar-refractivity contribution < 1.29 is 23.8 Å². The highest BCUT2D eigenvalue weighted by Gasteiger charge is 2.18. The Balaban J connectivity index is 2.52. The lowest BCUT2D eigenvalue weighted by atomic mass is 10.1. The number of carbonyl (C=O) groups is 2. The third kappa shape index (κ3) is 7.54. The largest absolute Gasteiger partial charge is 0.482 e. The Morgan fingerprint density at radius 2 is 1.78 bits per heavy atom. The fourth-order valence-electron chi connectivity index (χ4n) is 1.77. The maximum atomic E-state index is 11.7. The fourth-order valence-corrected chi connectivity index (χ4v) is 1.77. The highest BCUT2D eigenvalue weighted by atomic mass is 16.6. The molecule has 1 aromatic carbocycles. The fraction of sp³-hybridized carbons (Fsp3) is 0.529. The van der Waals surface area contributed by atoms with Crippen molar-refractivity contribution in [2.75, 3.05) is 13.2 Å². The molecule has 0 saturated heterocycles. The lowest BCUT2D eigenvalue weighted by molar-refractivity contribution is -0.145. The maximum absolute atomic E-state index is 11.7. The van der Waals surface area contributed by atoms with E-state index in [4.69, 9.17) is 14.2 Å². The number of alkyl carbamates (subject to hydrolysis) is 1. The average Bonchev–Trinajstić information content (AvgIpc) is 2.44. The first-order valence-electron chi connectivity index (χ1n) is 7.59. The van der Waals surface area contributed by atoms with Crippen LogP contribution >= 0.6 is 0 Å². The van der Waals surface area contributed by atoms with Crippen molar-refractivity contribution in [2.45, 2.75) is 46.3 Å². The van der Waals surface area contributed by atoms with Crippen molar-refractivity contribution in [3.63, 3.8) is 0 Å². The SMILES string of the molecule is CCOC(=O)COc1ccc(C(C)NC(=O)OC(C)(C)C)cc1. The molecule has 0 aliphatic heterocycles. The van der Waals surface area contributed by atoms with Crippen molar-refractivity contribution in [3.05, 3.63) is 29.8 Å². The maximum Gasteiger partial charge on any atom is 0.408 e. The van der Waals surface area contributed by atoms with Crippen LogP contribution in [-0.4, -0.2) is 30.9 Å². The highest BCUT2D eigenvalue weighted by Crippen LogP contribution is 2.18. The van der Waals surface area contributed by atoms with Gasteiger partial charge in [0.05, 0.1) is 12.6 Å². The van der Waals surface area contributed by atoms with E-state index in [-0.39, 0.29) is 12.6 Å². The molecule has 1 rings (SSSR count). The van der Waals surface area contributed by atoms with E-state index < -0.39 is 17.7 Å². The smallest absolute Gasteiger partial charge is 0.408 e. The van der Waals surface area contributed by atoms with Crippen LogP contribution in [-0.2, 0) is 14.3 Å². The summed E-state index contributed by atoms with van der Waals surface area (Å²) >= 11 is 0. The summed E-state index contributed by atoms with van der Waals surface area (Å²) in [7, 11) is 0. The van der Waals surface area contributed by atoms with E-state index in [9.17, 15) is 9.59 Å². The summed E-state index contributed by atoms with van der Waals surface area (Å²) in [4.78, 5) is 23.0. The average molecular weight is 323 g/mol. The van der Waals surface area contributed by atoms with Crippen LogP contribution in [0.4, 0.5) is 4.79 Å². The minimum absolute atomic E-state index is 0.126. The zero-order valence-electron chi connectivity index (χ0n) is 14.3. The van der Waals surface area contributed by atoms with E-state index in [0.29, 0.717) is 12.4 Å². The van der Waals surface area contributed by atoms with Crippen molar-refractivity contribution >= 4 is 12.1 Å². The van der Waals surface area contributed by atoms with Gasteiger partial charge >= 0.3 is 12.1 Å². The predicted octanol–water partition coefficient (Wildman–Crippen LogP) is 3.21. The molecule has 6 heteroatoms. The third-order valence-corrected chi connectivity index (χ3v) is 2.78. The molecule has 0 aliphatic carbocycles. The van der Waals surface area contributed by atoms with E-state index >= 15 is 0 Å². The van der Waals surface area contributed by atoms with Gasteiger partial charge in [-0.15, -0.1) is 0 Å². The molecule has 0 fully saturated rings. The van der Waals surface area contributed by atoms with Crippen molar-refractivity contribution in [1.29, 1.82) is 0 Å². The molecule has 6 nitrogen and oxygen atoms in total. The Hall–Kier alpha value is -2.24. The molecule has 1 unspecified atom stereocenters. The zero-order chi connectivity index (χ0) is 17.5. The molecule has 0 radical (unpaired) electrons. The second-order valence-electron chi connectivity index (χ2n) is 6.03. The molecule has 1 atom stereocenters. The highest BCUT2D eigenvalue weighted by molar-refractivity contribution is 5.71. The Labute approximate surface area is 137 Å². The second kappa shape index (κ2) is 8.41. The van der Waals surface area contributed by atoms with Gasteiger partial charge in [-0.25, -0.2) is 9.59 Å².